The maximum absolute atomic E-state index is 13.6. The van der Waals surface area contributed by atoms with Crippen LogP contribution in [0.4, 0.5) is 4.39 Å². The molecule has 0 amide bonds. The van der Waals surface area contributed by atoms with Crippen molar-refractivity contribution in [3.8, 4) is 10.6 Å². The number of rotatable bonds is 4. The predicted molar refractivity (Wildman–Crippen MR) is 86.2 cm³/mol. The Morgan fingerprint density at radius 2 is 2.24 bits per heavy atom. The van der Waals surface area contributed by atoms with Crippen LogP contribution in [0, 0.1) is 12.7 Å². The lowest BCUT2D eigenvalue weighted by Gasteiger charge is -2.22. The lowest BCUT2D eigenvalue weighted by atomic mass is 9.98. The van der Waals surface area contributed by atoms with E-state index in [0.29, 0.717) is 6.04 Å². The highest BCUT2D eigenvalue weighted by atomic mass is 32.1. The normalized spacial score (nSPS) is 17.8. The Bertz CT molecular complexity index is 615. The van der Waals surface area contributed by atoms with Crippen molar-refractivity contribution >= 4 is 11.3 Å². The third kappa shape index (κ3) is 3.16. The summed E-state index contributed by atoms with van der Waals surface area (Å²) < 4.78 is 13.6. The predicted octanol–water partition coefficient (Wildman–Crippen LogP) is 4.63. The standard InChI is InChI=1S/C17H21FN2S/c1-3-7-19-14-5-4-6-15-16(14)21-17(20-15)12-8-11(2)9-13(18)10-12/h8-10,14,19H,3-7H2,1-2H3. The van der Waals surface area contributed by atoms with E-state index in [4.69, 9.17) is 4.98 Å². The van der Waals surface area contributed by atoms with Crippen molar-refractivity contribution in [2.75, 3.05) is 6.54 Å². The van der Waals surface area contributed by atoms with Crippen LogP contribution in [-0.2, 0) is 6.42 Å². The van der Waals surface area contributed by atoms with Crippen LogP contribution >= 0.6 is 11.3 Å². The lowest BCUT2D eigenvalue weighted by Crippen LogP contribution is -2.24. The van der Waals surface area contributed by atoms with Gasteiger partial charge in [0.2, 0.25) is 0 Å². The van der Waals surface area contributed by atoms with Crippen molar-refractivity contribution in [1.29, 1.82) is 0 Å². The van der Waals surface area contributed by atoms with Gasteiger partial charge in [0.1, 0.15) is 10.8 Å². The van der Waals surface area contributed by atoms with Gasteiger partial charge in [0.05, 0.1) is 5.69 Å². The maximum Gasteiger partial charge on any atom is 0.124 e. The topological polar surface area (TPSA) is 24.9 Å². The van der Waals surface area contributed by atoms with Gasteiger partial charge in [-0.25, -0.2) is 9.37 Å². The second-order valence-electron chi connectivity index (χ2n) is 5.75. The molecule has 21 heavy (non-hydrogen) atoms. The van der Waals surface area contributed by atoms with Gasteiger partial charge in [-0.15, -0.1) is 11.3 Å². The Hall–Kier alpha value is -1.26. The quantitative estimate of drug-likeness (QED) is 0.890. The molecule has 4 heteroatoms. The Morgan fingerprint density at radius 3 is 3.00 bits per heavy atom. The molecule has 1 unspecified atom stereocenters. The van der Waals surface area contributed by atoms with Crippen LogP contribution < -0.4 is 5.32 Å². The zero-order chi connectivity index (χ0) is 14.8. The Morgan fingerprint density at radius 1 is 1.38 bits per heavy atom. The molecule has 1 N–H and O–H groups in total. The summed E-state index contributed by atoms with van der Waals surface area (Å²) in [7, 11) is 0. The number of benzene rings is 1. The number of fused-ring (bicyclic) bond motifs is 1. The van der Waals surface area contributed by atoms with Crippen LogP contribution in [0.5, 0.6) is 0 Å². The number of halogens is 1. The van der Waals surface area contributed by atoms with Gasteiger partial charge in [0, 0.05) is 16.5 Å². The molecule has 1 aliphatic rings. The van der Waals surface area contributed by atoms with E-state index in [-0.39, 0.29) is 5.82 Å². The van der Waals surface area contributed by atoms with Crippen LogP contribution in [0.15, 0.2) is 18.2 Å². The summed E-state index contributed by atoms with van der Waals surface area (Å²) in [5.74, 6) is -0.182. The van der Waals surface area contributed by atoms with Crippen LogP contribution in [0.2, 0.25) is 0 Å². The number of nitrogens with zero attached hydrogens (tertiary/aromatic N) is 1. The molecule has 0 radical (unpaired) electrons. The minimum Gasteiger partial charge on any atom is -0.309 e. The van der Waals surface area contributed by atoms with E-state index in [9.17, 15) is 4.39 Å². The number of thiazole rings is 1. The molecule has 1 aliphatic carbocycles. The van der Waals surface area contributed by atoms with E-state index in [0.717, 1.165) is 35.5 Å². The van der Waals surface area contributed by atoms with Crippen molar-refractivity contribution < 1.29 is 4.39 Å². The molecule has 3 rings (SSSR count). The van der Waals surface area contributed by atoms with Crippen LogP contribution in [0.1, 0.15) is 48.4 Å². The molecular formula is C17H21FN2S. The molecule has 1 aromatic heterocycles. The second-order valence-corrected chi connectivity index (χ2v) is 6.78. The molecule has 0 saturated heterocycles. The van der Waals surface area contributed by atoms with Crippen molar-refractivity contribution in [2.24, 2.45) is 0 Å². The summed E-state index contributed by atoms with van der Waals surface area (Å²) in [6.45, 7) is 5.15. The van der Waals surface area contributed by atoms with E-state index in [2.05, 4.69) is 12.2 Å². The lowest BCUT2D eigenvalue weighted by molar-refractivity contribution is 0.465. The smallest absolute Gasteiger partial charge is 0.124 e. The average molecular weight is 304 g/mol. The van der Waals surface area contributed by atoms with Crippen molar-refractivity contribution in [1.82, 2.24) is 10.3 Å². The summed E-state index contributed by atoms with van der Waals surface area (Å²) in [6, 6.07) is 5.59. The second kappa shape index (κ2) is 6.24. The molecule has 0 saturated carbocycles. The van der Waals surface area contributed by atoms with Crippen LogP contribution in [0.3, 0.4) is 0 Å². The van der Waals surface area contributed by atoms with E-state index in [1.807, 2.05) is 13.0 Å². The van der Waals surface area contributed by atoms with Gasteiger partial charge in [-0.3, -0.25) is 0 Å². The first kappa shape index (κ1) is 14.7. The SMILES string of the molecule is CCCNC1CCCc2nc(-c3cc(C)cc(F)c3)sc21. The molecule has 2 nitrogen and oxygen atoms in total. The van der Waals surface area contributed by atoms with Crippen molar-refractivity contribution in [3.05, 3.63) is 40.2 Å². The first-order valence-electron chi connectivity index (χ1n) is 7.68. The number of aryl methyl sites for hydroxylation is 2. The van der Waals surface area contributed by atoms with Gasteiger partial charge < -0.3 is 5.32 Å². The van der Waals surface area contributed by atoms with E-state index in [1.54, 1.807) is 23.5 Å². The maximum atomic E-state index is 13.6. The molecule has 0 fully saturated rings. The van der Waals surface area contributed by atoms with Gasteiger partial charge in [0.15, 0.2) is 0 Å². The van der Waals surface area contributed by atoms with Crippen LogP contribution in [0.25, 0.3) is 10.6 Å². The number of nitrogens with one attached hydrogen (secondary N) is 1. The highest BCUT2D eigenvalue weighted by molar-refractivity contribution is 7.15. The molecule has 1 heterocycles. The Labute approximate surface area is 129 Å². The molecule has 0 bridgehead atoms. The van der Waals surface area contributed by atoms with Gasteiger partial charge in [-0.05, 0) is 62.9 Å². The van der Waals surface area contributed by atoms with E-state index in [1.165, 1.54) is 23.4 Å². The molecule has 112 valence electrons. The van der Waals surface area contributed by atoms with Crippen LogP contribution in [-0.4, -0.2) is 11.5 Å². The fraction of sp³-hybridized carbons (Fsp3) is 0.471. The molecule has 0 aliphatic heterocycles. The summed E-state index contributed by atoms with van der Waals surface area (Å²) in [5, 5.41) is 4.56. The zero-order valence-electron chi connectivity index (χ0n) is 12.6. The minimum absolute atomic E-state index is 0.182. The minimum atomic E-state index is -0.182. The van der Waals surface area contributed by atoms with Gasteiger partial charge in [-0.1, -0.05) is 6.92 Å². The number of aromatic nitrogens is 1. The average Bonchev–Trinajstić information content (AvgIpc) is 2.88. The highest BCUT2D eigenvalue weighted by Crippen LogP contribution is 2.38. The number of hydrogen-bond acceptors (Lipinski definition) is 3. The summed E-state index contributed by atoms with van der Waals surface area (Å²) in [5.41, 5.74) is 3.05. The van der Waals surface area contributed by atoms with Crippen molar-refractivity contribution in [3.63, 3.8) is 0 Å². The summed E-state index contributed by atoms with van der Waals surface area (Å²) in [6.07, 6.45) is 4.54. The fourth-order valence-corrected chi connectivity index (χ4v) is 4.13. The number of hydrogen-bond donors (Lipinski definition) is 1. The first-order chi connectivity index (χ1) is 10.2. The molecule has 0 spiro atoms. The third-order valence-corrected chi connectivity index (χ3v) is 5.14. The molecule has 1 aromatic carbocycles. The molecule has 1 atom stereocenters. The van der Waals surface area contributed by atoms with Gasteiger partial charge in [0.25, 0.3) is 0 Å². The van der Waals surface area contributed by atoms with Gasteiger partial charge in [-0.2, -0.15) is 0 Å². The van der Waals surface area contributed by atoms with Crippen molar-refractivity contribution in [2.45, 2.75) is 45.6 Å². The monoisotopic (exact) mass is 304 g/mol. The Kier molecular flexibility index (Phi) is 4.36. The molecular weight excluding hydrogens is 283 g/mol. The Balaban J connectivity index is 1.93. The summed E-state index contributed by atoms with van der Waals surface area (Å²) in [4.78, 5) is 6.13. The summed E-state index contributed by atoms with van der Waals surface area (Å²) >= 11 is 1.72. The fourth-order valence-electron chi connectivity index (χ4n) is 2.92. The van der Waals surface area contributed by atoms with Gasteiger partial charge >= 0.3 is 0 Å². The molecule has 2 aromatic rings. The third-order valence-electron chi connectivity index (χ3n) is 3.88. The largest absolute Gasteiger partial charge is 0.309 e. The highest BCUT2D eigenvalue weighted by Gasteiger charge is 2.24. The first-order valence-corrected chi connectivity index (χ1v) is 8.49. The van der Waals surface area contributed by atoms with E-state index < -0.39 is 0 Å². The van der Waals surface area contributed by atoms with E-state index >= 15 is 0 Å². The zero-order valence-corrected chi connectivity index (χ0v) is 13.4.